The van der Waals surface area contributed by atoms with Gasteiger partial charge in [0.05, 0.1) is 23.6 Å². The van der Waals surface area contributed by atoms with Gasteiger partial charge in [0, 0.05) is 17.5 Å². The zero-order valence-corrected chi connectivity index (χ0v) is 15.3. The molecule has 6 nitrogen and oxygen atoms in total. The summed E-state index contributed by atoms with van der Waals surface area (Å²) in [7, 11) is 0. The average Bonchev–Trinajstić information content (AvgIpc) is 3.15. The molecule has 2 aromatic heterocycles. The van der Waals surface area contributed by atoms with Gasteiger partial charge in [-0.25, -0.2) is 4.39 Å². The number of rotatable bonds is 5. The Morgan fingerprint density at radius 2 is 1.96 bits per heavy atom. The number of nitrogens with one attached hydrogen (secondary N) is 1. The molecule has 0 aliphatic carbocycles. The lowest BCUT2D eigenvalue weighted by molar-refractivity contribution is -0.119. The van der Waals surface area contributed by atoms with Gasteiger partial charge in [0.2, 0.25) is 5.91 Å². The van der Waals surface area contributed by atoms with Crippen molar-refractivity contribution in [1.82, 2.24) is 19.6 Å². The fourth-order valence-electron chi connectivity index (χ4n) is 2.94. The fourth-order valence-corrected chi connectivity index (χ4v) is 2.94. The maximum absolute atomic E-state index is 13.9. The van der Waals surface area contributed by atoms with Gasteiger partial charge in [-0.05, 0) is 39.8 Å². The molecule has 3 rings (SSSR count). The first kappa shape index (κ1) is 17.8. The highest BCUT2D eigenvalue weighted by Gasteiger charge is 2.21. The van der Waals surface area contributed by atoms with Gasteiger partial charge >= 0.3 is 0 Å². The quantitative estimate of drug-likeness (QED) is 0.763. The number of anilines is 1. The van der Waals surface area contributed by atoms with Gasteiger partial charge < -0.3 is 5.32 Å². The molecule has 0 bridgehead atoms. The largest absolute Gasteiger partial charge is 0.321 e. The maximum Gasteiger partial charge on any atom is 0.249 e. The Morgan fingerprint density at radius 1 is 1.23 bits per heavy atom. The minimum Gasteiger partial charge on any atom is -0.321 e. The summed E-state index contributed by atoms with van der Waals surface area (Å²) < 4.78 is 17.3. The zero-order valence-electron chi connectivity index (χ0n) is 15.3. The average molecular weight is 355 g/mol. The number of benzene rings is 1. The molecule has 0 radical (unpaired) electrons. The van der Waals surface area contributed by atoms with Gasteiger partial charge in [-0.15, -0.1) is 0 Å². The number of carbonyl (C=O) groups excluding carboxylic acids is 1. The van der Waals surface area contributed by atoms with E-state index in [9.17, 15) is 9.18 Å². The number of aryl methyl sites for hydroxylation is 2. The third kappa shape index (κ3) is 3.37. The lowest BCUT2D eigenvalue weighted by atomic mass is 10.2. The van der Waals surface area contributed by atoms with E-state index in [0.717, 1.165) is 11.4 Å². The van der Waals surface area contributed by atoms with Crippen LogP contribution in [0.5, 0.6) is 0 Å². The SMILES string of the molecule is Cc1nn(Cc2ccccc2F)c(C)c1NC(=O)C(C)n1nccc1C. The van der Waals surface area contributed by atoms with Crippen LogP contribution in [0.3, 0.4) is 0 Å². The Kier molecular flexibility index (Phi) is 4.88. The van der Waals surface area contributed by atoms with E-state index in [-0.39, 0.29) is 11.7 Å². The second kappa shape index (κ2) is 7.11. The van der Waals surface area contributed by atoms with Crippen molar-refractivity contribution in [3.63, 3.8) is 0 Å². The Bertz CT molecular complexity index is 943. The summed E-state index contributed by atoms with van der Waals surface area (Å²) in [5, 5.41) is 11.6. The predicted octanol–water partition coefficient (Wildman–Crippen LogP) is 3.39. The van der Waals surface area contributed by atoms with Crippen LogP contribution in [0.2, 0.25) is 0 Å². The number of nitrogens with zero attached hydrogens (tertiary/aromatic N) is 4. The van der Waals surface area contributed by atoms with Crippen LogP contribution in [0.1, 0.15) is 35.6 Å². The van der Waals surface area contributed by atoms with Crippen molar-refractivity contribution in [2.24, 2.45) is 0 Å². The Morgan fingerprint density at radius 3 is 2.62 bits per heavy atom. The molecule has 7 heteroatoms. The topological polar surface area (TPSA) is 64.7 Å². The van der Waals surface area contributed by atoms with E-state index in [2.05, 4.69) is 15.5 Å². The van der Waals surface area contributed by atoms with Crippen LogP contribution < -0.4 is 5.32 Å². The van der Waals surface area contributed by atoms with E-state index in [0.29, 0.717) is 23.5 Å². The summed E-state index contributed by atoms with van der Waals surface area (Å²) in [5.41, 5.74) is 3.59. The minimum absolute atomic E-state index is 0.173. The molecule has 1 unspecified atom stereocenters. The smallest absolute Gasteiger partial charge is 0.249 e. The highest BCUT2D eigenvalue weighted by molar-refractivity contribution is 5.94. The number of carbonyl (C=O) groups is 1. The number of aromatic nitrogens is 4. The molecule has 0 saturated carbocycles. The van der Waals surface area contributed by atoms with Crippen LogP contribution in [-0.4, -0.2) is 25.5 Å². The van der Waals surface area contributed by atoms with Crippen molar-refractivity contribution < 1.29 is 9.18 Å². The first-order chi connectivity index (χ1) is 12.4. The van der Waals surface area contributed by atoms with Crippen molar-refractivity contribution in [2.45, 2.75) is 40.3 Å². The van der Waals surface area contributed by atoms with Gasteiger partial charge in [0.1, 0.15) is 11.9 Å². The first-order valence-corrected chi connectivity index (χ1v) is 8.47. The lowest BCUT2D eigenvalue weighted by Gasteiger charge is -2.15. The number of amides is 1. The van der Waals surface area contributed by atoms with Gasteiger partial charge in [-0.3, -0.25) is 14.2 Å². The molecule has 26 heavy (non-hydrogen) atoms. The van der Waals surface area contributed by atoms with E-state index in [1.54, 1.807) is 40.7 Å². The van der Waals surface area contributed by atoms with Crippen LogP contribution in [-0.2, 0) is 11.3 Å². The fraction of sp³-hybridized carbons (Fsp3) is 0.316. The Labute approximate surface area is 151 Å². The molecule has 0 aliphatic heterocycles. The molecular formula is C19H22FN5O. The first-order valence-electron chi connectivity index (χ1n) is 8.47. The summed E-state index contributed by atoms with van der Waals surface area (Å²) >= 11 is 0. The third-order valence-electron chi connectivity index (χ3n) is 4.52. The Hall–Kier alpha value is -2.96. The van der Waals surface area contributed by atoms with Crippen LogP contribution in [0.4, 0.5) is 10.1 Å². The van der Waals surface area contributed by atoms with E-state index in [1.165, 1.54) is 6.07 Å². The van der Waals surface area contributed by atoms with Crippen LogP contribution >= 0.6 is 0 Å². The molecule has 0 spiro atoms. The predicted molar refractivity (Wildman–Crippen MR) is 97.5 cm³/mol. The van der Waals surface area contributed by atoms with E-state index in [4.69, 9.17) is 0 Å². The van der Waals surface area contributed by atoms with Crippen LogP contribution in [0.15, 0.2) is 36.5 Å². The summed E-state index contributed by atoms with van der Waals surface area (Å²) in [4.78, 5) is 12.6. The van der Waals surface area contributed by atoms with Crippen molar-refractivity contribution in [3.05, 3.63) is 65.0 Å². The monoisotopic (exact) mass is 355 g/mol. The standard InChI is InChI=1S/C19H22FN5O/c1-12-9-10-21-25(12)15(4)19(26)22-18-13(2)23-24(14(18)3)11-16-7-5-6-8-17(16)20/h5-10,15H,11H2,1-4H3,(H,22,26). The zero-order chi connectivity index (χ0) is 18.8. The third-order valence-corrected chi connectivity index (χ3v) is 4.52. The molecule has 1 amide bonds. The number of hydrogen-bond donors (Lipinski definition) is 1. The van der Waals surface area contributed by atoms with Crippen molar-refractivity contribution in [1.29, 1.82) is 0 Å². The molecule has 2 heterocycles. The van der Waals surface area contributed by atoms with Crippen LogP contribution in [0, 0.1) is 26.6 Å². The normalized spacial score (nSPS) is 12.2. The maximum atomic E-state index is 13.9. The highest BCUT2D eigenvalue weighted by atomic mass is 19.1. The second-order valence-electron chi connectivity index (χ2n) is 6.38. The van der Waals surface area contributed by atoms with Crippen LogP contribution in [0.25, 0.3) is 0 Å². The van der Waals surface area contributed by atoms with E-state index < -0.39 is 6.04 Å². The molecule has 1 N–H and O–H groups in total. The molecule has 1 aromatic carbocycles. The molecule has 0 saturated heterocycles. The van der Waals surface area contributed by atoms with E-state index >= 15 is 0 Å². The van der Waals surface area contributed by atoms with Gasteiger partial charge in [0.15, 0.2) is 0 Å². The summed E-state index contributed by atoms with van der Waals surface area (Å²) in [6.07, 6.45) is 1.67. The van der Waals surface area contributed by atoms with Gasteiger partial charge in [-0.1, -0.05) is 18.2 Å². The number of halogens is 1. The summed E-state index contributed by atoms with van der Waals surface area (Å²) in [6, 6.07) is 8.02. The lowest BCUT2D eigenvalue weighted by Crippen LogP contribution is -2.25. The molecular weight excluding hydrogens is 333 g/mol. The minimum atomic E-state index is -0.446. The highest BCUT2D eigenvalue weighted by Crippen LogP contribution is 2.22. The van der Waals surface area contributed by atoms with Gasteiger partial charge in [-0.2, -0.15) is 10.2 Å². The van der Waals surface area contributed by atoms with Crippen molar-refractivity contribution >= 4 is 11.6 Å². The summed E-state index contributed by atoms with van der Waals surface area (Å²) in [5.74, 6) is -0.443. The van der Waals surface area contributed by atoms with Crippen molar-refractivity contribution in [3.8, 4) is 0 Å². The molecule has 0 aliphatic rings. The second-order valence-corrected chi connectivity index (χ2v) is 6.38. The Balaban J connectivity index is 1.81. The molecule has 0 fully saturated rings. The molecule has 3 aromatic rings. The number of hydrogen-bond acceptors (Lipinski definition) is 3. The van der Waals surface area contributed by atoms with Crippen molar-refractivity contribution in [2.75, 3.05) is 5.32 Å². The summed E-state index contributed by atoms with van der Waals surface area (Å²) in [6.45, 7) is 7.69. The molecule has 1 atom stereocenters. The molecule has 136 valence electrons. The van der Waals surface area contributed by atoms with E-state index in [1.807, 2.05) is 26.8 Å². The van der Waals surface area contributed by atoms with Gasteiger partial charge in [0.25, 0.3) is 0 Å².